The molecule has 0 aliphatic heterocycles. The first-order valence-corrected chi connectivity index (χ1v) is 6.01. The lowest BCUT2D eigenvalue weighted by Crippen LogP contribution is -2.08. The molecule has 0 fully saturated rings. The monoisotopic (exact) mass is 254 g/mol. The van der Waals surface area contributed by atoms with Crippen LogP contribution in [-0.2, 0) is 0 Å². The lowest BCUT2D eigenvalue weighted by molar-refractivity contribution is 0.858. The first-order chi connectivity index (χ1) is 7.66. The molecule has 0 aliphatic carbocycles. The van der Waals surface area contributed by atoms with Crippen LogP contribution in [0.5, 0.6) is 0 Å². The van der Waals surface area contributed by atoms with Gasteiger partial charge in [0.1, 0.15) is 5.01 Å². The van der Waals surface area contributed by atoms with E-state index < -0.39 is 0 Å². The molecule has 2 aromatic heterocycles. The summed E-state index contributed by atoms with van der Waals surface area (Å²) in [4.78, 5) is 13.6. The Kier molecular flexibility index (Phi) is 3.36. The number of nitrogens with one attached hydrogen (secondary N) is 1. The summed E-state index contributed by atoms with van der Waals surface area (Å²) in [6.07, 6.45) is 5.02. The van der Waals surface area contributed by atoms with Gasteiger partial charge in [-0.05, 0) is 13.8 Å². The van der Waals surface area contributed by atoms with E-state index in [1.165, 1.54) is 4.88 Å². The second-order valence-corrected chi connectivity index (χ2v) is 5.00. The van der Waals surface area contributed by atoms with Crippen LogP contribution >= 0.6 is 22.9 Å². The Hall–Kier alpha value is -1.20. The first kappa shape index (κ1) is 11.3. The number of anilines is 1. The predicted octanol–water partition coefficient (Wildman–Crippen LogP) is 3.07. The molecule has 84 valence electrons. The Bertz CT molecular complexity index is 485. The van der Waals surface area contributed by atoms with Crippen molar-refractivity contribution in [3.05, 3.63) is 33.6 Å². The maximum atomic E-state index is 5.91. The van der Waals surface area contributed by atoms with Crippen LogP contribution in [0.3, 0.4) is 0 Å². The van der Waals surface area contributed by atoms with Crippen LogP contribution in [-0.4, -0.2) is 15.0 Å². The number of halogens is 1. The van der Waals surface area contributed by atoms with Gasteiger partial charge in [-0.2, -0.15) is 0 Å². The van der Waals surface area contributed by atoms with Crippen LogP contribution in [0.2, 0.25) is 5.15 Å². The van der Waals surface area contributed by atoms with Gasteiger partial charge in [-0.15, -0.1) is 11.3 Å². The maximum absolute atomic E-state index is 5.91. The van der Waals surface area contributed by atoms with Crippen LogP contribution in [0.4, 0.5) is 5.82 Å². The smallest absolute Gasteiger partial charge is 0.171 e. The highest BCUT2D eigenvalue weighted by molar-refractivity contribution is 7.11. The van der Waals surface area contributed by atoms with Crippen LogP contribution < -0.4 is 5.32 Å². The molecule has 0 aliphatic rings. The number of thiazole rings is 1. The zero-order chi connectivity index (χ0) is 11.5. The van der Waals surface area contributed by atoms with Crippen LogP contribution in [0.25, 0.3) is 0 Å². The van der Waals surface area contributed by atoms with E-state index in [-0.39, 0.29) is 6.04 Å². The summed E-state index contributed by atoms with van der Waals surface area (Å²) >= 11 is 7.56. The summed E-state index contributed by atoms with van der Waals surface area (Å²) in [5.41, 5.74) is 0. The molecule has 0 spiro atoms. The van der Waals surface area contributed by atoms with Crippen molar-refractivity contribution in [1.82, 2.24) is 15.0 Å². The Balaban J connectivity index is 2.13. The van der Waals surface area contributed by atoms with Crippen molar-refractivity contribution >= 4 is 28.8 Å². The van der Waals surface area contributed by atoms with Crippen molar-refractivity contribution in [2.45, 2.75) is 19.9 Å². The molecule has 1 atom stereocenters. The van der Waals surface area contributed by atoms with E-state index in [1.807, 2.05) is 20.0 Å². The van der Waals surface area contributed by atoms with Gasteiger partial charge in [-0.3, -0.25) is 0 Å². The first-order valence-electron chi connectivity index (χ1n) is 4.82. The van der Waals surface area contributed by atoms with Gasteiger partial charge in [0, 0.05) is 23.5 Å². The highest BCUT2D eigenvalue weighted by Gasteiger charge is 2.11. The third-order valence-corrected chi connectivity index (χ3v) is 3.39. The Labute approximate surface area is 103 Å². The summed E-state index contributed by atoms with van der Waals surface area (Å²) in [6, 6.07) is 0.0768. The van der Waals surface area contributed by atoms with E-state index in [0.29, 0.717) is 11.0 Å². The quantitative estimate of drug-likeness (QED) is 0.915. The number of hydrogen-bond acceptors (Lipinski definition) is 5. The van der Waals surface area contributed by atoms with E-state index in [2.05, 4.69) is 20.3 Å². The van der Waals surface area contributed by atoms with Crippen molar-refractivity contribution in [3.63, 3.8) is 0 Å². The molecule has 0 saturated heterocycles. The highest BCUT2D eigenvalue weighted by atomic mass is 35.5. The fraction of sp³-hybridized carbons (Fsp3) is 0.300. The summed E-state index contributed by atoms with van der Waals surface area (Å²) in [5, 5.41) is 4.57. The molecule has 0 amide bonds. The fourth-order valence-corrected chi connectivity index (χ4v) is 2.19. The molecule has 2 heterocycles. The van der Waals surface area contributed by atoms with Crippen molar-refractivity contribution in [1.29, 1.82) is 0 Å². The number of aryl methyl sites for hydroxylation is 1. The lowest BCUT2D eigenvalue weighted by atomic mass is 10.3. The molecule has 0 saturated carbocycles. The van der Waals surface area contributed by atoms with Gasteiger partial charge in [0.05, 0.1) is 6.04 Å². The van der Waals surface area contributed by atoms with Gasteiger partial charge in [-0.25, -0.2) is 15.0 Å². The Morgan fingerprint density at radius 3 is 2.69 bits per heavy atom. The Morgan fingerprint density at radius 1 is 1.31 bits per heavy atom. The zero-order valence-electron chi connectivity index (χ0n) is 8.94. The van der Waals surface area contributed by atoms with Crippen molar-refractivity contribution in [2.75, 3.05) is 5.32 Å². The number of aromatic nitrogens is 3. The molecule has 0 bridgehead atoms. The third-order valence-electron chi connectivity index (χ3n) is 2.02. The molecule has 0 aromatic carbocycles. The van der Waals surface area contributed by atoms with Crippen molar-refractivity contribution < 1.29 is 0 Å². The molecule has 4 nitrogen and oxygen atoms in total. The average Bonchev–Trinajstić information content (AvgIpc) is 2.68. The van der Waals surface area contributed by atoms with Crippen LogP contribution in [0.1, 0.15) is 22.9 Å². The number of nitrogens with zero attached hydrogens (tertiary/aromatic N) is 3. The van der Waals surface area contributed by atoms with E-state index in [4.69, 9.17) is 11.6 Å². The van der Waals surface area contributed by atoms with Crippen molar-refractivity contribution in [3.8, 4) is 0 Å². The lowest BCUT2D eigenvalue weighted by Gasteiger charge is -2.11. The average molecular weight is 255 g/mol. The van der Waals surface area contributed by atoms with Gasteiger partial charge in [0.2, 0.25) is 0 Å². The molecule has 1 unspecified atom stereocenters. The van der Waals surface area contributed by atoms with Gasteiger partial charge >= 0.3 is 0 Å². The summed E-state index contributed by atoms with van der Waals surface area (Å²) in [5.74, 6) is 0.588. The fourth-order valence-electron chi connectivity index (χ4n) is 1.26. The summed E-state index contributed by atoms with van der Waals surface area (Å²) in [6.45, 7) is 4.05. The molecular formula is C10H11ClN4S. The van der Waals surface area contributed by atoms with E-state index in [0.717, 1.165) is 5.01 Å². The minimum Gasteiger partial charge on any atom is -0.359 e. The molecule has 6 heteroatoms. The topological polar surface area (TPSA) is 50.7 Å². The predicted molar refractivity (Wildman–Crippen MR) is 65.9 cm³/mol. The number of rotatable bonds is 3. The van der Waals surface area contributed by atoms with Gasteiger partial charge in [0.15, 0.2) is 11.0 Å². The van der Waals surface area contributed by atoms with Crippen molar-refractivity contribution in [2.24, 2.45) is 0 Å². The number of hydrogen-bond donors (Lipinski definition) is 1. The SMILES string of the molecule is Cc1cnc(C(C)Nc2nccnc2Cl)s1. The second kappa shape index (κ2) is 4.76. The molecule has 16 heavy (non-hydrogen) atoms. The van der Waals surface area contributed by atoms with Crippen LogP contribution in [0.15, 0.2) is 18.6 Å². The highest BCUT2D eigenvalue weighted by Crippen LogP contribution is 2.24. The minimum absolute atomic E-state index is 0.0768. The standard InChI is InChI=1S/C10H11ClN4S/c1-6-5-14-10(16-6)7(2)15-9-8(11)12-3-4-13-9/h3-5,7H,1-2H3,(H,13,15). The molecule has 2 aromatic rings. The molecule has 0 radical (unpaired) electrons. The van der Waals surface area contributed by atoms with Gasteiger partial charge < -0.3 is 5.32 Å². The summed E-state index contributed by atoms with van der Waals surface area (Å²) < 4.78 is 0. The normalized spacial score (nSPS) is 12.4. The van der Waals surface area contributed by atoms with Gasteiger partial charge in [0.25, 0.3) is 0 Å². The summed E-state index contributed by atoms with van der Waals surface area (Å²) in [7, 11) is 0. The van der Waals surface area contributed by atoms with E-state index in [9.17, 15) is 0 Å². The molecular weight excluding hydrogens is 244 g/mol. The largest absolute Gasteiger partial charge is 0.359 e. The Morgan fingerprint density at radius 2 is 2.06 bits per heavy atom. The molecule has 1 N–H and O–H groups in total. The maximum Gasteiger partial charge on any atom is 0.171 e. The second-order valence-electron chi connectivity index (χ2n) is 3.37. The third kappa shape index (κ3) is 2.48. The molecule has 2 rings (SSSR count). The zero-order valence-corrected chi connectivity index (χ0v) is 10.5. The minimum atomic E-state index is 0.0768. The van der Waals surface area contributed by atoms with E-state index >= 15 is 0 Å². The van der Waals surface area contributed by atoms with Crippen LogP contribution in [0, 0.1) is 6.92 Å². The van der Waals surface area contributed by atoms with E-state index in [1.54, 1.807) is 23.7 Å². The van der Waals surface area contributed by atoms with Gasteiger partial charge in [-0.1, -0.05) is 11.6 Å².